The first kappa shape index (κ1) is 13.5. The second-order valence-corrected chi connectivity index (χ2v) is 9.41. The molecule has 1 aromatic rings. The average molecular weight is 359 g/mol. The van der Waals surface area contributed by atoms with Crippen LogP contribution in [0.4, 0.5) is 0 Å². The molecule has 2 nitrogen and oxygen atoms in total. The Morgan fingerprint density at radius 3 is 2.71 bits per heavy atom. The minimum atomic E-state index is -0.602. The van der Waals surface area contributed by atoms with E-state index in [1.165, 1.54) is 11.1 Å². The molecule has 0 radical (unpaired) electrons. The van der Waals surface area contributed by atoms with Gasteiger partial charge in [0, 0.05) is 0 Å². The molecule has 2 rings (SSSR count). The summed E-state index contributed by atoms with van der Waals surface area (Å²) < 4.78 is 7.89. The number of rotatable bonds is 0. The summed E-state index contributed by atoms with van der Waals surface area (Å²) in [7, 11) is 5.95. The van der Waals surface area contributed by atoms with Crippen molar-refractivity contribution in [2.45, 2.75) is 32.7 Å². The van der Waals surface area contributed by atoms with Crippen molar-refractivity contribution in [1.29, 1.82) is 0 Å². The Hall–Kier alpha value is 0.0749. The first-order chi connectivity index (χ1) is 7.88. The zero-order valence-electron chi connectivity index (χ0n) is 10.4. The van der Waals surface area contributed by atoms with Gasteiger partial charge in [0.15, 0.2) is 0 Å². The van der Waals surface area contributed by atoms with Crippen LogP contribution in [0.5, 0.6) is 5.75 Å². The molecule has 0 spiro atoms. The van der Waals surface area contributed by atoms with Gasteiger partial charge in [-0.1, -0.05) is 0 Å². The van der Waals surface area contributed by atoms with Crippen LogP contribution < -0.4 is 4.74 Å². The third-order valence-electron chi connectivity index (χ3n) is 2.92. The number of ether oxygens (including phenoxy) is 1. The Morgan fingerprint density at radius 1 is 1.41 bits per heavy atom. The fourth-order valence-corrected chi connectivity index (χ4v) is 3.11. The molecule has 0 saturated carbocycles. The zero-order valence-corrected chi connectivity index (χ0v) is 13.5. The van der Waals surface area contributed by atoms with Crippen LogP contribution in [0.15, 0.2) is 18.2 Å². The molecule has 0 fully saturated rings. The summed E-state index contributed by atoms with van der Waals surface area (Å²) in [6.45, 7) is 8.18. The van der Waals surface area contributed by atoms with Gasteiger partial charge in [0.05, 0.1) is 0 Å². The standard InChI is InChI=1S/C12H16BINOP/c1-12(2,3)10-4-5-11-9(6-10)7-15(8-16-11)17(13)14/h4-6H,7-8H2,1-3H3. The summed E-state index contributed by atoms with van der Waals surface area (Å²) in [6, 6.07) is 6.49. The van der Waals surface area contributed by atoms with Gasteiger partial charge in [-0.2, -0.15) is 0 Å². The van der Waals surface area contributed by atoms with E-state index in [1.54, 1.807) is 0 Å². The molecule has 1 atom stereocenters. The van der Waals surface area contributed by atoms with E-state index in [-0.39, 0.29) is 5.41 Å². The van der Waals surface area contributed by atoms with Crippen LogP contribution in [-0.4, -0.2) is 18.4 Å². The molecule has 5 heteroatoms. The molecule has 17 heavy (non-hydrogen) atoms. The van der Waals surface area contributed by atoms with Crippen molar-refractivity contribution in [3.05, 3.63) is 29.3 Å². The fourth-order valence-electron chi connectivity index (χ4n) is 1.82. The average Bonchev–Trinajstić information content (AvgIpc) is 2.26. The van der Waals surface area contributed by atoms with E-state index < -0.39 is 5.03 Å². The SMILES string of the molecule is B#P(I)N1COc2ccc(C(C)(C)C)cc2C1. The molecule has 0 saturated heterocycles. The van der Waals surface area contributed by atoms with Crippen molar-refractivity contribution in [3.8, 4) is 5.75 Å². The van der Waals surface area contributed by atoms with Crippen LogP contribution >= 0.6 is 27.1 Å². The van der Waals surface area contributed by atoms with Crippen LogP contribution in [0.25, 0.3) is 0 Å². The Labute approximate surface area is 118 Å². The van der Waals surface area contributed by atoms with E-state index in [0.717, 1.165) is 12.3 Å². The van der Waals surface area contributed by atoms with Crippen LogP contribution in [-0.2, 0) is 12.0 Å². The number of fused-ring (bicyclic) bond motifs is 1. The van der Waals surface area contributed by atoms with Gasteiger partial charge in [0.2, 0.25) is 0 Å². The maximum absolute atomic E-state index is 5.95. The molecule has 1 aromatic carbocycles. The summed E-state index contributed by atoms with van der Waals surface area (Å²) in [6.07, 6.45) is 0. The quantitative estimate of drug-likeness (QED) is 0.395. The molecule has 1 heterocycles. The van der Waals surface area contributed by atoms with Crippen molar-refractivity contribution < 1.29 is 4.74 Å². The third-order valence-corrected chi connectivity index (χ3v) is 5.55. The molecular weight excluding hydrogens is 343 g/mol. The fraction of sp³-hybridized carbons (Fsp3) is 0.500. The zero-order chi connectivity index (χ0) is 12.6. The maximum atomic E-state index is 5.95. The number of hydrogen-bond donors (Lipinski definition) is 0. The molecule has 0 bridgehead atoms. The van der Waals surface area contributed by atoms with Crippen LogP contribution in [0, 0.1) is 0 Å². The molecule has 90 valence electrons. The predicted molar refractivity (Wildman–Crippen MR) is 82.9 cm³/mol. The molecule has 0 N–H and O–H groups in total. The summed E-state index contributed by atoms with van der Waals surface area (Å²) in [5.41, 5.74) is 2.77. The van der Waals surface area contributed by atoms with Crippen LogP contribution in [0.2, 0.25) is 0 Å². The molecule has 0 aliphatic carbocycles. The van der Waals surface area contributed by atoms with Gasteiger partial charge >= 0.3 is 118 Å². The monoisotopic (exact) mass is 359 g/mol. The topological polar surface area (TPSA) is 12.5 Å². The molecule has 1 aliphatic heterocycles. The summed E-state index contributed by atoms with van der Waals surface area (Å²) in [5, 5.41) is -0.602. The Balaban J connectivity index is 2.33. The van der Waals surface area contributed by atoms with E-state index in [1.807, 2.05) is 0 Å². The van der Waals surface area contributed by atoms with E-state index in [9.17, 15) is 0 Å². The van der Waals surface area contributed by atoms with Crippen molar-refractivity contribution in [3.63, 3.8) is 0 Å². The molecular formula is C12H16BINOP. The predicted octanol–water partition coefficient (Wildman–Crippen LogP) is 3.97. The molecule has 1 unspecified atom stereocenters. The summed E-state index contributed by atoms with van der Waals surface area (Å²) in [4.78, 5) is 0. The number of hydrogen-bond acceptors (Lipinski definition) is 2. The summed E-state index contributed by atoms with van der Waals surface area (Å²) in [5.74, 6) is 1.00. The van der Waals surface area contributed by atoms with Crippen molar-refractivity contribution in [2.75, 3.05) is 6.73 Å². The van der Waals surface area contributed by atoms with Gasteiger partial charge in [0.1, 0.15) is 0 Å². The molecule has 0 amide bonds. The van der Waals surface area contributed by atoms with Crippen molar-refractivity contribution in [1.82, 2.24) is 4.67 Å². The first-order valence-corrected chi connectivity index (χ1v) is 9.74. The van der Waals surface area contributed by atoms with Gasteiger partial charge in [0.25, 0.3) is 0 Å². The van der Waals surface area contributed by atoms with E-state index >= 15 is 0 Å². The summed E-state index contributed by atoms with van der Waals surface area (Å²) >= 11 is 2.27. The Morgan fingerprint density at radius 2 is 2.12 bits per heavy atom. The van der Waals surface area contributed by atoms with Crippen molar-refractivity contribution in [2.24, 2.45) is 0 Å². The van der Waals surface area contributed by atoms with E-state index in [2.05, 4.69) is 65.7 Å². The molecule has 1 aliphatic rings. The minimum absolute atomic E-state index is 0.176. The Kier molecular flexibility index (Phi) is 3.96. The number of halogens is 1. The van der Waals surface area contributed by atoms with E-state index in [4.69, 9.17) is 11.7 Å². The third kappa shape index (κ3) is 3.10. The van der Waals surface area contributed by atoms with Crippen molar-refractivity contribution >= 4 is 34.1 Å². The van der Waals surface area contributed by atoms with Gasteiger partial charge in [-0.3, -0.25) is 0 Å². The van der Waals surface area contributed by atoms with Crippen LogP contribution in [0.3, 0.4) is 0 Å². The van der Waals surface area contributed by atoms with Gasteiger partial charge in [-0.05, 0) is 0 Å². The molecule has 0 aromatic heterocycles. The van der Waals surface area contributed by atoms with Crippen LogP contribution in [0.1, 0.15) is 31.9 Å². The number of benzene rings is 1. The Bertz CT molecular complexity index is 503. The first-order valence-electron chi connectivity index (χ1n) is 5.59. The second kappa shape index (κ2) is 4.98. The van der Waals surface area contributed by atoms with E-state index in [0.29, 0.717) is 6.73 Å². The van der Waals surface area contributed by atoms with Gasteiger partial charge < -0.3 is 0 Å². The van der Waals surface area contributed by atoms with Gasteiger partial charge in [-0.25, -0.2) is 0 Å². The second-order valence-electron chi connectivity index (χ2n) is 5.30. The number of nitrogens with zero attached hydrogens (tertiary/aromatic N) is 1. The normalized spacial score (nSPS) is 17.4. The van der Waals surface area contributed by atoms with Gasteiger partial charge in [-0.15, -0.1) is 0 Å².